The minimum Gasteiger partial charge on any atom is -0.381 e. The van der Waals surface area contributed by atoms with Crippen LogP contribution in [0.4, 0.5) is 0 Å². The van der Waals surface area contributed by atoms with Crippen LogP contribution in [0.2, 0.25) is 0 Å². The molecule has 0 radical (unpaired) electrons. The molecule has 0 spiro atoms. The standard InChI is InChI=1S/C12H22N2OS/c1-4-15-6-5-12-14-11(8-16-12)10(7-13)9(2)3/h8-10H,4-7,13H2,1-3H3. The number of aromatic nitrogens is 1. The van der Waals surface area contributed by atoms with Crippen molar-refractivity contribution in [1.82, 2.24) is 4.98 Å². The van der Waals surface area contributed by atoms with Gasteiger partial charge in [0.2, 0.25) is 0 Å². The SMILES string of the molecule is CCOCCc1nc(C(CN)C(C)C)cs1. The lowest BCUT2D eigenvalue weighted by Crippen LogP contribution is -2.18. The van der Waals surface area contributed by atoms with Crippen molar-refractivity contribution < 1.29 is 4.74 Å². The fourth-order valence-corrected chi connectivity index (χ4v) is 2.49. The summed E-state index contributed by atoms with van der Waals surface area (Å²) in [5.41, 5.74) is 6.92. The summed E-state index contributed by atoms with van der Waals surface area (Å²) in [6, 6.07) is 0. The van der Waals surface area contributed by atoms with Crippen LogP contribution in [0.3, 0.4) is 0 Å². The van der Waals surface area contributed by atoms with Crippen molar-refractivity contribution >= 4 is 11.3 Å². The van der Waals surface area contributed by atoms with Gasteiger partial charge in [-0.25, -0.2) is 4.98 Å². The zero-order valence-electron chi connectivity index (χ0n) is 10.4. The fraction of sp³-hybridized carbons (Fsp3) is 0.750. The number of ether oxygens (including phenoxy) is 1. The molecular formula is C12H22N2OS. The second-order valence-corrected chi connectivity index (χ2v) is 5.14. The molecule has 1 rings (SSSR count). The van der Waals surface area contributed by atoms with Crippen LogP contribution in [0.1, 0.15) is 37.4 Å². The molecule has 0 aromatic carbocycles. The molecule has 0 aliphatic heterocycles. The minimum atomic E-state index is 0.386. The van der Waals surface area contributed by atoms with Crippen molar-refractivity contribution in [1.29, 1.82) is 0 Å². The summed E-state index contributed by atoms with van der Waals surface area (Å²) in [5, 5.41) is 3.29. The molecule has 1 atom stereocenters. The lowest BCUT2D eigenvalue weighted by atomic mass is 9.93. The molecule has 1 aromatic rings. The van der Waals surface area contributed by atoms with E-state index in [0.717, 1.165) is 30.3 Å². The maximum atomic E-state index is 5.78. The third-order valence-electron chi connectivity index (χ3n) is 2.67. The Morgan fingerprint density at radius 3 is 2.81 bits per heavy atom. The third-order valence-corrected chi connectivity index (χ3v) is 3.60. The van der Waals surface area contributed by atoms with Gasteiger partial charge in [0, 0.05) is 30.9 Å². The van der Waals surface area contributed by atoms with E-state index in [9.17, 15) is 0 Å². The van der Waals surface area contributed by atoms with Gasteiger partial charge in [0.1, 0.15) is 0 Å². The molecule has 3 nitrogen and oxygen atoms in total. The Kier molecular flexibility index (Phi) is 5.95. The normalized spacial score (nSPS) is 13.3. The Hall–Kier alpha value is -0.450. The van der Waals surface area contributed by atoms with Crippen LogP contribution in [0.5, 0.6) is 0 Å². The highest BCUT2D eigenvalue weighted by Crippen LogP contribution is 2.24. The quantitative estimate of drug-likeness (QED) is 0.747. The smallest absolute Gasteiger partial charge is 0.0951 e. The van der Waals surface area contributed by atoms with Crippen molar-refractivity contribution in [2.75, 3.05) is 19.8 Å². The summed E-state index contributed by atoms with van der Waals surface area (Å²) in [6.07, 6.45) is 0.911. The van der Waals surface area contributed by atoms with E-state index < -0.39 is 0 Å². The van der Waals surface area contributed by atoms with E-state index in [2.05, 4.69) is 24.2 Å². The van der Waals surface area contributed by atoms with Crippen molar-refractivity contribution in [2.24, 2.45) is 11.7 Å². The summed E-state index contributed by atoms with van der Waals surface area (Å²) in [6.45, 7) is 8.60. The Morgan fingerprint density at radius 1 is 1.50 bits per heavy atom. The highest BCUT2D eigenvalue weighted by molar-refractivity contribution is 7.09. The average molecular weight is 242 g/mol. The van der Waals surface area contributed by atoms with Crippen LogP contribution in [-0.2, 0) is 11.2 Å². The highest BCUT2D eigenvalue weighted by Gasteiger charge is 2.17. The molecule has 1 aromatic heterocycles. The molecule has 0 saturated carbocycles. The van der Waals surface area contributed by atoms with Crippen LogP contribution < -0.4 is 5.73 Å². The van der Waals surface area contributed by atoms with Gasteiger partial charge in [-0.1, -0.05) is 13.8 Å². The average Bonchev–Trinajstić information content (AvgIpc) is 2.67. The molecule has 2 N–H and O–H groups in total. The number of nitrogens with zero attached hydrogens (tertiary/aromatic N) is 1. The maximum Gasteiger partial charge on any atom is 0.0951 e. The highest BCUT2D eigenvalue weighted by atomic mass is 32.1. The first kappa shape index (κ1) is 13.6. The number of nitrogens with two attached hydrogens (primary N) is 1. The van der Waals surface area contributed by atoms with Gasteiger partial charge in [-0.2, -0.15) is 0 Å². The van der Waals surface area contributed by atoms with Crippen LogP contribution in [-0.4, -0.2) is 24.7 Å². The lowest BCUT2D eigenvalue weighted by molar-refractivity contribution is 0.151. The van der Waals surface area contributed by atoms with E-state index in [0.29, 0.717) is 18.4 Å². The zero-order valence-corrected chi connectivity index (χ0v) is 11.2. The van der Waals surface area contributed by atoms with Gasteiger partial charge >= 0.3 is 0 Å². The molecular weight excluding hydrogens is 220 g/mol. The first-order chi connectivity index (χ1) is 7.69. The molecule has 0 saturated heterocycles. The molecule has 1 heterocycles. The monoisotopic (exact) mass is 242 g/mol. The molecule has 0 bridgehead atoms. The molecule has 0 fully saturated rings. The van der Waals surface area contributed by atoms with E-state index >= 15 is 0 Å². The van der Waals surface area contributed by atoms with E-state index in [1.165, 1.54) is 0 Å². The maximum absolute atomic E-state index is 5.78. The molecule has 16 heavy (non-hydrogen) atoms. The van der Waals surface area contributed by atoms with Crippen LogP contribution in [0.15, 0.2) is 5.38 Å². The second kappa shape index (κ2) is 6.99. The molecule has 1 unspecified atom stereocenters. The van der Waals surface area contributed by atoms with E-state index in [4.69, 9.17) is 10.5 Å². The van der Waals surface area contributed by atoms with Crippen LogP contribution in [0.25, 0.3) is 0 Å². The Morgan fingerprint density at radius 2 is 2.25 bits per heavy atom. The van der Waals surface area contributed by atoms with Gasteiger partial charge in [-0.15, -0.1) is 11.3 Å². The predicted molar refractivity (Wildman–Crippen MR) is 68.9 cm³/mol. The predicted octanol–water partition coefficient (Wildman–Crippen LogP) is 2.42. The van der Waals surface area contributed by atoms with Crippen LogP contribution in [0, 0.1) is 5.92 Å². The summed E-state index contributed by atoms with van der Waals surface area (Å²) < 4.78 is 5.32. The van der Waals surface area contributed by atoms with Crippen molar-refractivity contribution in [3.63, 3.8) is 0 Å². The first-order valence-electron chi connectivity index (χ1n) is 5.91. The largest absolute Gasteiger partial charge is 0.381 e. The molecule has 4 heteroatoms. The summed E-state index contributed by atoms with van der Waals surface area (Å²) in [5.74, 6) is 0.934. The lowest BCUT2D eigenvalue weighted by Gasteiger charge is -2.15. The third kappa shape index (κ3) is 3.85. The van der Waals surface area contributed by atoms with Gasteiger partial charge in [-0.3, -0.25) is 0 Å². The van der Waals surface area contributed by atoms with Crippen molar-refractivity contribution in [3.05, 3.63) is 16.1 Å². The Labute approximate surface area is 102 Å². The molecule has 92 valence electrons. The molecule has 0 aliphatic carbocycles. The Balaban J connectivity index is 2.55. The number of hydrogen-bond acceptors (Lipinski definition) is 4. The van der Waals surface area contributed by atoms with E-state index in [-0.39, 0.29) is 0 Å². The van der Waals surface area contributed by atoms with Gasteiger partial charge in [0.05, 0.1) is 17.3 Å². The topological polar surface area (TPSA) is 48.1 Å². The van der Waals surface area contributed by atoms with Crippen molar-refractivity contribution in [3.8, 4) is 0 Å². The summed E-state index contributed by atoms with van der Waals surface area (Å²) in [7, 11) is 0. The first-order valence-corrected chi connectivity index (χ1v) is 6.79. The van der Waals surface area contributed by atoms with E-state index in [1.807, 2.05) is 6.92 Å². The summed E-state index contributed by atoms with van der Waals surface area (Å²) in [4.78, 5) is 4.63. The second-order valence-electron chi connectivity index (χ2n) is 4.20. The van der Waals surface area contributed by atoms with Gasteiger partial charge < -0.3 is 10.5 Å². The minimum absolute atomic E-state index is 0.386. The van der Waals surface area contributed by atoms with Crippen molar-refractivity contribution in [2.45, 2.75) is 33.1 Å². The molecule has 0 amide bonds. The number of rotatable bonds is 7. The van der Waals surface area contributed by atoms with E-state index in [1.54, 1.807) is 11.3 Å². The number of thiazole rings is 1. The Bertz CT molecular complexity index is 299. The molecule has 0 aliphatic rings. The summed E-state index contributed by atoms with van der Waals surface area (Å²) >= 11 is 1.71. The fourth-order valence-electron chi connectivity index (χ4n) is 1.65. The number of hydrogen-bond donors (Lipinski definition) is 1. The van der Waals surface area contributed by atoms with Crippen LogP contribution >= 0.6 is 11.3 Å². The van der Waals surface area contributed by atoms with Gasteiger partial charge in [0.15, 0.2) is 0 Å². The van der Waals surface area contributed by atoms with Gasteiger partial charge in [0.25, 0.3) is 0 Å². The van der Waals surface area contributed by atoms with Gasteiger partial charge in [-0.05, 0) is 12.8 Å². The zero-order chi connectivity index (χ0) is 12.0.